The van der Waals surface area contributed by atoms with Gasteiger partial charge >= 0.3 is 120 Å². The van der Waals surface area contributed by atoms with Crippen LogP contribution in [0.4, 0.5) is 0 Å². The molecule has 0 atom stereocenters. The second-order valence-corrected chi connectivity index (χ2v) is 13.1. The zero-order valence-electron chi connectivity index (χ0n) is 13.6. The van der Waals surface area contributed by atoms with Crippen molar-refractivity contribution in [2.45, 2.75) is 103 Å². The Labute approximate surface area is 157 Å². The Bertz CT molecular complexity index is 209. The van der Waals surface area contributed by atoms with Gasteiger partial charge < -0.3 is 0 Å². The van der Waals surface area contributed by atoms with E-state index in [2.05, 4.69) is 35.6 Å². The molecule has 20 heavy (non-hydrogen) atoms. The van der Waals surface area contributed by atoms with Crippen molar-refractivity contribution in [1.82, 2.24) is 0 Å². The molecule has 0 aromatic heterocycles. The number of allylic oxidation sites excluding steroid dienone is 1. The van der Waals surface area contributed by atoms with E-state index in [9.17, 15) is 0 Å². The third kappa shape index (κ3) is 19.4. The van der Waals surface area contributed by atoms with E-state index in [4.69, 9.17) is 0 Å². The number of hydrogen-bond acceptors (Lipinski definition) is 0. The first-order valence-electron chi connectivity index (χ1n) is 8.84. The first kappa shape index (κ1) is 21.4. The average molecular weight is 585 g/mol. The van der Waals surface area contributed by atoms with Crippen LogP contribution in [-0.2, 0) is 0 Å². The molecule has 0 heterocycles. The van der Waals surface area contributed by atoms with Crippen molar-refractivity contribution in [3.8, 4) is 0 Å². The van der Waals surface area contributed by atoms with Crippen molar-refractivity contribution in [3.05, 3.63) is 7.22 Å². The van der Waals surface area contributed by atoms with Crippen molar-refractivity contribution >= 4 is 48.4 Å². The van der Waals surface area contributed by atoms with Crippen LogP contribution < -0.4 is 0 Å². The summed E-state index contributed by atoms with van der Waals surface area (Å²) in [7, 11) is 0. The molecule has 0 N–H and O–H groups in total. The van der Waals surface area contributed by atoms with Crippen LogP contribution in [0.15, 0.2) is 7.22 Å². The van der Waals surface area contributed by atoms with Gasteiger partial charge in [0.05, 0.1) is 0 Å². The van der Waals surface area contributed by atoms with Gasteiger partial charge in [-0.1, -0.05) is 39.0 Å². The van der Waals surface area contributed by atoms with E-state index in [1.807, 2.05) is 0 Å². The minimum absolute atomic E-state index is 1.24. The van der Waals surface area contributed by atoms with Crippen molar-refractivity contribution in [2.75, 3.05) is 0 Å². The van der Waals surface area contributed by atoms with Crippen LogP contribution in [0.1, 0.15) is 103 Å². The van der Waals surface area contributed by atoms with Crippen molar-refractivity contribution in [2.24, 2.45) is 0 Å². The molecule has 0 unspecified atom stereocenters. The maximum atomic E-state index is 2.46. The molecule has 0 fully saturated rings. The number of hydrogen-bond donors (Lipinski definition) is 0. The molecular weight excluding hydrogens is 550 g/mol. The fourth-order valence-electron chi connectivity index (χ4n) is 2.57. The summed E-state index contributed by atoms with van der Waals surface area (Å²) in [6, 6.07) is 0. The van der Waals surface area contributed by atoms with Crippen LogP contribution in [0.25, 0.3) is 0 Å². The van der Waals surface area contributed by atoms with E-state index < -0.39 is 0 Å². The molecular formula is C18H34IPb. The van der Waals surface area contributed by atoms with E-state index in [0.717, 1.165) is 0 Å². The van der Waals surface area contributed by atoms with Crippen LogP contribution in [0.3, 0.4) is 0 Å². The predicted molar refractivity (Wildman–Crippen MR) is 103 cm³/mol. The molecule has 0 amide bonds. The molecule has 3 radical (unpaired) electrons. The summed E-state index contributed by atoms with van der Waals surface area (Å²) in [5.41, 5.74) is 0. The van der Waals surface area contributed by atoms with E-state index in [0.29, 0.717) is 0 Å². The van der Waals surface area contributed by atoms with Crippen LogP contribution in [-0.4, -0.2) is 25.8 Å². The summed E-state index contributed by atoms with van der Waals surface area (Å²) < 4.78 is 1.58. The summed E-state index contributed by atoms with van der Waals surface area (Å²) >= 11 is 3.70. The van der Waals surface area contributed by atoms with Gasteiger partial charge in [0.2, 0.25) is 0 Å². The molecule has 2 heteroatoms. The predicted octanol–water partition coefficient (Wildman–Crippen LogP) is 7.30. The zero-order valence-corrected chi connectivity index (χ0v) is 19.6. The molecule has 0 spiro atoms. The Hall–Kier alpha value is 1.39. The Morgan fingerprint density at radius 2 is 1.05 bits per heavy atom. The number of rotatable bonds is 15. The monoisotopic (exact) mass is 585 g/mol. The van der Waals surface area contributed by atoms with Crippen molar-refractivity contribution in [3.63, 3.8) is 0 Å². The van der Waals surface area contributed by atoms with Gasteiger partial charge in [-0.05, 0) is 0 Å². The average Bonchev–Trinajstić information content (AvgIpc) is 2.43. The summed E-state index contributed by atoms with van der Waals surface area (Å²) in [6.07, 6.45) is 24.2. The molecule has 0 saturated carbocycles. The van der Waals surface area contributed by atoms with Crippen LogP contribution in [0, 0.1) is 0 Å². The van der Waals surface area contributed by atoms with Gasteiger partial charge in [0.15, 0.2) is 0 Å². The molecule has 0 bridgehead atoms. The van der Waals surface area contributed by atoms with Gasteiger partial charge in [-0.15, -0.1) is 0 Å². The van der Waals surface area contributed by atoms with Crippen LogP contribution in [0.2, 0.25) is 0 Å². The molecule has 0 nitrogen and oxygen atoms in total. The zero-order chi connectivity index (χ0) is 14.9. The second-order valence-electron chi connectivity index (χ2n) is 5.94. The Morgan fingerprint density at radius 3 is 1.40 bits per heavy atom. The molecule has 0 aliphatic carbocycles. The van der Waals surface area contributed by atoms with Crippen LogP contribution in [0.5, 0.6) is 0 Å². The Morgan fingerprint density at radius 1 is 0.700 bits per heavy atom. The van der Waals surface area contributed by atoms with Gasteiger partial charge in [0.1, 0.15) is 0 Å². The summed E-state index contributed by atoms with van der Waals surface area (Å²) in [6.45, 7) is 2.29. The number of halogens is 1. The minimum atomic E-state index is 1.24. The maximum absolute atomic E-state index is 2.46. The Kier molecular flexibility index (Phi) is 19.7. The molecule has 0 rings (SSSR count). The first-order chi connectivity index (χ1) is 9.77. The summed E-state index contributed by atoms with van der Waals surface area (Å²) in [5.74, 6) is 0. The summed E-state index contributed by atoms with van der Waals surface area (Å²) in [5, 5.41) is 0. The van der Waals surface area contributed by atoms with E-state index in [1.54, 1.807) is 1.14 Å². The SMILES string of the molecule is CCCCCCCCCCCCCCCC/C=[C](\I)[Pb]. The number of unbranched alkanes of at least 4 members (excludes halogenated alkanes) is 14. The third-order valence-corrected chi connectivity index (χ3v) is 5.12. The van der Waals surface area contributed by atoms with E-state index in [1.165, 1.54) is 122 Å². The first-order valence-corrected chi connectivity index (χ1v) is 11.9. The van der Waals surface area contributed by atoms with Crippen molar-refractivity contribution in [1.29, 1.82) is 0 Å². The van der Waals surface area contributed by atoms with Gasteiger partial charge in [-0.25, -0.2) is 0 Å². The van der Waals surface area contributed by atoms with Gasteiger partial charge in [0, 0.05) is 0 Å². The summed E-state index contributed by atoms with van der Waals surface area (Å²) in [4.78, 5) is 0. The normalized spacial score (nSPS) is 12.1. The topological polar surface area (TPSA) is 0 Å². The Balaban J connectivity index is 2.97. The fraction of sp³-hybridized carbons (Fsp3) is 0.889. The fourth-order valence-corrected chi connectivity index (χ4v) is 3.44. The third-order valence-electron chi connectivity index (χ3n) is 3.88. The molecule has 0 aromatic carbocycles. The molecule has 0 aliphatic rings. The van der Waals surface area contributed by atoms with Crippen LogP contribution >= 0.6 is 22.6 Å². The molecule has 117 valence electrons. The van der Waals surface area contributed by atoms with E-state index >= 15 is 0 Å². The quantitative estimate of drug-likeness (QED) is 0.108. The van der Waals surface area contributed by atoms with E-state index in [-0.39, 0.29) is 0 Å². The molecule has 0 aromatic rings. The van der Waals surface area contributed by atoms with Crippen molar-refractivity contribution < 1.29 is 0 Å². The second kappa shape index (κ2) is 18.4. The van der Waals surface area contributed by atoms with Gasteiger partial charge in [-0.2, -0.15) is 0 Å². The molecule has 0 aliphatic heterocycles. The van der Waals surface area contributed by atoms with Gasteiger partial charge in [-0.3, -0.25) is 0 Å². The standard InChI is InChI=1S/C18H34I.Pb/c1-2-3-4-5-6-7-8-9-10-11-12-13-14-15-16-17-18-19;/h17H,2-16H2,1H3;. The molecule has 0 saturated heterocycles. The van der Waals surface area contributed by atoms with Gasteiger partial charge in [0.25, 0.3) is 0 Å².